The van der Waals surface area contributed by atoms with Gasteiger partial charge in [0, 0.05) is 19.1 Å². The van der Waals surface area contributed by atoms with Crippen LogP contribution in [0.5, 0.6) is 0 Å². The predicted octanol–water partition coefficient (Wildman–Crippen LogP) is 2.96. The number of unbranched alkanes of at least 4 members (excludes halogenated alkanes) is 1. The van der Waals surface area contributed by atoms with Crippen LogP contribution in [0, 0.1) is 5.92 Å². The molecule has 4 heteroatoms. The lowest BCUT2D eigenvalue weighted by Crippen LogP contribution is -2.47. The Morgan fingerprint density at radius 3 is 2.76 bits per heavy atom. The third kappa shape index (κ3) is 7.17. The minimum Gasteiger partial charge on any atom is -0.355 e. The number of nitrogens with zero attached hydrogens (tertiary/aromatic N) is 1. The molecule has 0 bridgehead atoms. The summed E-state index contributed by atoms with van der Waals surface area (Å²) < 4.78 is 0. The van der Waals surface area contributed by atoms with Crippen molar-refractivity contribution < 1.29 is 4.79 Å². The molecule has 1 unspecified atom stereocenters. The van der Waals surface area contributed by atoms with Crippen molar-refractivity contribution in [3.8, 4) is 0 Å². The highest BCUT2D eigenvalue weighted by atomic mass is 16.2. The van der Waals surface area contributed by atoms with Crippen LogP contribution in [0.4, 0.5) is 0 Å². The van der Waals surface area contributed by atoms with Crippen LogP contribution in [-0.4, -0.2) is 42.5 Å². The number of likely N-dealkylation sites (tertiary alicyclic amines) is 1. The molecule has 0 aliphatic carbocycles. The average Bonchev–Trinajstić information content (AvgIpc) is 3.02. The Morgan fingerprint density at radius 2 is 2.04 bits per heavy atom. The quantitative estimate of drug-likeness (QED) is 0.641. The second-order valence-corrected chi connectivity index (χ2v) is 7.78. The van der Waals surface area contributed by atoms with Crippen molar-refractivity contribution in [2.24, 2.45) is 11.7 Å². The molecule has 1 fully saturated rings. The third-order valence-electron chi connectivity index (χ3n) is 4.94. The van der Waals surface area contributed by atoms with Gasteiger partial charge in [0.05, 0.1) is 6.04 Å². The Morgan fingerprint density at radius 1 is 1.28 bits per heavy atom. The number of carbonyl (C=O) groups is 1. The summed E-state index contributed by atoms with van der Waals surface area (Å²) >= 11 is 0. The number of nitrogens with one attached hydrogen (secondary N) is 1. The lowest BCUT2D eigenvalue weighted by atomic mass is 10.0. The summed E-state index contributed by atoms with van der Waals surface area (Å²) in [5.41, 5.74) is 7.61. The van der Waals surface area contributed by atoms with Crippen molar-refractivity contribution in [3.05, 3.63) is 35.9 Å². The fourth-order valence-electron chi connectivity index (χ4n) is 3.75. The second-order valence-electron chi connectivity index (χ2n) is 7.78. The van der Waals surface area contributed by atoms with E-state index in [4.69, 9.17) is 5.73 Å². The summed E-state index contributed by atoms with van der Waals surface area (Å²) in [4.78, 5) is 14.8. The van der Waals surface area contributed by atoms with Gasteiger partial charge in [-0.3, -0.25) is 9.69 Å². The van der Waals surface area contributed by atoms with E-state index in [2.05, 4.69) is 48.3 Å². The molecule has 0 aromatic heterocycles. The van der Waals surface area contributed by atoms with E-state index < -0.39 is 0 Å². The minimum atomic E-state index is 0.0207. The van der Waals surface area contributed by atoms with Gasteiger partial charge in [-0.2, -0.15) is 0 Å². The van der Waals surface area contributed by atoms with E-state index in [1.165, 1.54) is 5.56 Å². The van der Waals surface area contributed by atoms with Crippen LogP contribution < -0.4 is 11.1 Å². The van der Waals surface area contributed by atoms with E-state index in [0.29, 0.717) is 5.92 Å². The lowest BCUT2D eigenvalue weighted by molar-refractivity contribution is -0.125. The Bertz CT molecular complexity index is 503. The summed E-state index contributed by atoms with van der Waals surface area (Å²) in [6.07, 6.45) is 6.30. The van der Waals surface area contributed by atoms with Crippen LogP contribution in [0.2, 0.25) is 0 Å². The maximum absolute atomic E-state index is 12.5. The molecule has 2 rings (SSSR count). The van der Waals surface area contributed by atoms with Gasteiger partial charge in [-0.15, -0.1) is 0 Å². The predicted molar refractivity (Wildman–Crippen MR) is 104 cm³/mol. The van der Waals surface area contributed by atoms with Gasteiger partial charge in [0.15, 0.2) is 0 Å². The molecule has 0 spiro atoms. The summed E-state index contributed by atoms with van der Waals surface area (Å²) in [5, 5.41) is 3.13. The number of hydrogen-bond donors (Lipinski definition) is 2. The first-order valence-corrected chi connectivity index (χ1v) is 9.87. The molecular formula is C21H35N3O. The fraction of sp³-hybridized carbons (Fsp3) is 0.667. The van der Waals surface area contributed by atoms with E-state index in [0.717, 1.165) is 58.2 Å². The number of benzene rings is 1. The lowest BCUT2D eigenvalue weighted by Gasteiger charge is -2.27. The normalized spacial score (nSPS) is 19.3. The van der Waals surface area contributed by atoms with Crippen molar-refractivity contribution >= 4 is 5.91 Å². The molecule has 0 radical (unpaired) electrons. The van der Waals surface area contributed by atoms with E-state index in [1.54, 1.807) is 0 Å². The molecule has 1 heterocycles. The molecule has 140 valence electrons. The highest BCUT2D eigenvalue weighted by Gasteiger charge is 2.31. The highest BCUT2D eigenvalue weighted by molar-refractivity contribution is 5.82. The molecule has 4 nitrogen and oxygen atoms in total. The standard InChI is InChI=1S/C21H35N3O/c1-17(2)15-19(22)16-24-14-8-12-20(24)21(25)23-13-7-6-11-18-9-4-3-5-10-18/h3-5,9-10,17,19-20H,6-8,11-16,22H2,1-2H3,(H,23,25)/t19?,20-/m0/s1. The van der Waals surface area contributed by atoms with E-state index in [1.807, 2.05) is 6.07 Å². The average molecular weight is 346 g/mol. The zero-order valence-electron chi connectivity index (χ0n) is 15.9. The summed E-state index contributed by atoms with van der Waals surface area (Å²) in [6.45, 7) is 7.00. The van der Waals surface area contributed by atoms with Crippen molar-refractivity contribution in [1.29, 1.82) is 0 Å². The maximum atomic E-state index is 12.5. The van der Waals surface area contributed by atoms with E-state index in [9.17, 15) is 4.79 Å². The van der Waals surface area contributed by atoms with Gasteiger partial charge in [-0.1, -0.05) is 44.2 Å². The second kappa shape index (κ2) is 10.6. The Labute approximate surface area is 153 Å². The molecule has 1 saturated heterocycles. The molecule has 25 heavy (non-hydrogen) atoms. The molecule has 1 amide bonds. The van der Waals surface area contributed by atoms with Gasteiger partial charge in [-0.05, 0) is 56.6 Å². The number of rotatable bonds is 10. The van der Waals surface area contributed by atoms with Gasteiger partial charge >= 0.3 is 0 Å². The number of amides is 1. The van der Waals surface area contributed by atoms with E-state index >= 15 is 0 Å². The first-order chi connectivity index (χ1) is 12.1. The molecule has 1 aliphatic rings. The number of hydrogen-bond acceptors (Lipinski definition) is 3. The van der Waals surface area contributed by atoms with Crippen molar-refractivity contribution in [2.75, 3.05) is 19.6 Å². The van der Waals surface area contributed by atoms with Crippen molar-refractivity contribution in [2.45, 2.75) is 64.5 Å². The summed E-state index contributed by atoms with van der Waals surface area (Å²) in [5.74, 6) is 0.795. The topological polar surface area (TPSA) is 58.4 Å². The zero-order chi connectivity index (χ0) is 18.1. The van der Waals surface area contributed by atoms with Gasteiger partial charge < -0.3 is 11.1 Å². The molecular weight excluding hydrogens is 310 g/mol. The highest BCUT2D eigenvalue weighted by Crippen LogP contribution is 2.18. The third-order valence-corrected chi connectivity index (χ3v) is 4.94. The van der Waals surface area contributed by atoms with Crippen LogP contribution in [0.3, 0.4) is 0 Å². The number of carbonyl (C=O) groups excluding carboxylic acids is 1. The van der Waals surface area contributed by atoms with Gasteiger partial charge in [-0.25, -0.2) is 0 Å². The van der Waals surface area contributed by atoms with Gasteiger partial charge in [0.2, 0.25) is 5.91 Å². The maximum Gasteiger partial charge on any atom is 0.237 e. The van der Waals surface area contributed by atoms with Crippen molar-refractivity contribution in [3.63, 3.8) is 0 Å². The Balaban J connectivity index is 1.65. The van der Waals surface area contributed by atoms with Crippen LogP contribution >= 0.6 is 0 Å². The number of aryl methyl sites for hydroxylation is 1. The molecule has 3 N–H and O–H groups in total. The van der Waals surface area contributed by atoms with E-state index in [-0.39, 0.29) is 18.0 Å². The van der Waals surface area contributed by atoms with Crippen LogP contribution in [0.15, 0.2) is 30.3 Å². The largest absolute Gasteiger partial charge is 0.355 e. The van der Waals surface area contributed by atoms with Crippen LogP contribution in [0.1, 0.15) is 51.5 Å². The smallest absolute Gasteiger partial charge is 0.237 e. The molecule has 1 aromatic rings. The molecule has 0 saturated carbocycles. The SMILES string of the molecule is CC(C)CC(N)CN1CCC[C@H]1C(=O)NCCCCc1ccccc1. The molecule has 1 aliphatic heterocycles. The summed E-state index contributed by atoms with van der Waals surface area (Å²) in [6, 6.07) is 10.7. The van der Waals surface area contributed by atoms with Gasteiger partial charge in [0.1, 0.15) is 0 Å². The first-order valence-electron chi connectivity index (χ1n) is 9.87. The molecule has 1 aromatic carbocycles. The zero-order valence-corrected chi connectivity index (χ0v) is 15.9. The molecule has 2 atom stereocenters. The number of nitrogens with two attached hydrogens (primary N) is 1. The Kier molecular flexibility index (Phi) is 8.42. The van der Waals surface area contributed by atoms with Crippen LogP contribution in [0.25, 0.3) is 0 Å². The Hall–Kier alpha value is -1.39. The van der Waals surface area contributed by atoms with Crippen molar-refractivity contribution in [1.82, 2.24) is 10.2 Å². The monoisotopic (exact) mass is 345 g/mol. The first kappa shape index (κ1) is 19.9. The fourth-order valence-corrected chi connectivity index (χ4v) is 3.75. The van der Waals surface area contributed by atoms with Gasteiger partial charge in [0.25, 0.3) is 0 Å². The summed E-state index contributed by atoms with van der Waals surface area (Å²) in [7, 11) is 0. The van der Waals surface area contributed by atoms with Crippen LogP contribution in [-0.2, 0) is 11.2 Å². The minimum absolute atomic E-state index is 0.0207.